The van der Waals surface area contributed by atoms with Crippen LogP contribution in [0.15, 0.2) is 29.0 Å². The average molecular weight is 327 g/mol. The highest BCUT2D eigenvalue weighted by atomic mass is 32.2. The van der Waals surface area contributed by atoms with Gasteiger partial charge >= 0.3 is 0 Å². The first-order valence-electron chi connectivity index (χ1n) is 5.91. The molecule has 0 aliphatic heterocycles. The average Bonchev–Trinajstić information content (AvgIpc) is 3.13. The van der Waals surface area contributed by atoms with Crippen LogP contribution in [-0.4, -0.2) is 39.1 Å². The van der Waals surface area contributed by atoms with Crippen molar-refractivity contribution in [1.29, 1.82) is 0 Å². The number of imidazole rings is 2. The molecule has 0 spiro atoms. The summed E-state index contributed by atoms with van der Waals surface area (Å²) in [6.45, 7) is 0.122. The molecule has 0 radical (unpaired) electrons. The number of nitrogens with zero attached hydrogens (tertiary/aromatic N) is 4. The zero-order chi connectivity index (χ0) is 15.0. The van der Waals surface area contributed by atoms with Gasteiger partial charge in [-0.2, -0.15) is 9.29 Å². The second-order valence-electron chi connectivity index (χ2n) is 4.26. The lowest BCUT2D eigenvalue weighted by Crippen LogP contribution is -2.29. The van der Waals surface area contributed by atoms with Gasteiger partial charge in [-0.25, -0.2) is 19.2 Å². The molecule has 11 heteroatoms. The maximum absolute atomic E-state index is 12.7. The largest absolute Gasteiger partial charge is 0.347 e. The van der Waals surface area contributed by atoms with Crippen molar-refractivity contribution < 1.29 is 8.42 Å². The van der Waals surface area contributed by atoms with Gasteiger partial charge in [0.2, 0.25) is 5.03 Å². The van der Waals surface area contributed by atoms with Gasteiger partial charge in [-0.1, -0.05) is 0 Å². The minimum atomic E-state index is -3.77. The van der Waals surface area contributed by atoms with Gasteiger partial charge in [-0.05, 0) is 0 Å². The lowest BCUT2D eigenvalue weighted by Gasteiger charge is -2.16. The molecule has 112 valence electrons. The van der Waals surface area contributed by atoms with Crippen molar-refractivity contribution in [2.24, 2.45) is 5.84 Å². The molecular formula is C10H13N7O2S2. The van der Waals surface area contributed by atoms with E-state index < -0.39 is 10.0 Å². The summed E-state index contributed by atoms with van der Waals surface area (Å²) >= 11 is 1.33. The summed E-state index contributed by atoms with van der Waals surface area (Å²) < 4.78 is 28.2. The Balaban J connectivity index is 2.05. The fraction of sp³-hybridized carbons (Fsp3) is 0.200. The molecular weight excluding hydrogens is 314 g/mol. The number of hydrogen-bond donors (Lipinski definition) is 3. The zero-order valence-corrected chi connectivity index (χ0v) is 12.6. The molecule has 0 fully saturated rings. The number of H-pyrrole nitrogens is 1. The SMILES string of the molecule is CN(Cc1ncc[nH]1)S(=O)(=O)c1c(NN)nc2sccn12. The number of nitrogens with one attached hydrogen (secondary N) is 2. The third-order valence-corrected chi connectivity index (χ3v) is 5.52. The number of hydrazine groups is 1. The zero-order valence-electron chi connectivity index (χ0n) is 11.0. The summed E-state index contributed by atoms with van der Waals surface area (Å²) in [4.78, 5) is 11.6. The molecule has 21 heavy (non-hydrogen) atoms. The lowest BCUT2D eigenvalue weighted by atomic mass is 10.6. The lowest BCUT2D eigenvalue weighted by molar-refractivity contribution is 0.455. The van der Waals surface area contributed by atoms with Crippen LogP contribution in [0.2, 0.25) is 0 Å². The Bertz CT molecular complexity index is 849. The molecule has 0 aliphatic carbocycles. The Morgan fingerprint density at radius 2 is 2.38 bits per heavy atom. The summed E-state index contributed by atoms with van der Waals surface area (Å²) in [5, 5.41) is 1.77. The molecule has 3 heterocycles. The van der Waals surface area contributed by atoms with E-state index in [1.165, 1.54) is 27.1 Å². The molecule has 0 saturated carbocycles. The molecule has 0 bridgehead atoms. The normalized spacial score (nSPS) is 12.3. The van der Waals surface area contributed by atoms with Crippen molar-refractivity contribution in [2.75, 3.05) is 12.5 Å². The number of nitrogen functional groups attached to an aromatic ring is 1. The molecule has 3 rings (SSSR count). The first-order chi connectivity index (χ1) is 10.0. The molecule has 3 aromatic heterocycles. The summed E-state index contributed by atoms with van der Waals surface area (Å²) in [5.74, 6) is 6.05. The summed E-state index contributed by atoms with van der Waals surface area (Å²) in [5.41, 5.74) is 2.34. The molecule has 0 aromatic carbocycles. The number of aromatic amines is 1. The van der Waals surface area contributed by atoms with Crippen LogP contribution in [-0.2, 0) is 16.6 Å². The number of nitrogens with two attached hydrogens (primary N) is 1. The maximum atomic E-state index is 12.7. The van der Waals surface area contributed by atoms with E-state index in [1.54, 1.807) is 24.0 Å². The van der Waals surface area contributed by atoms with Gasteiger partial charge in [0.25, 0.3) is 10.0 Å². The molecule has 0 amide bonds. The highest BCUT2D eigenvalue weighted by Crippen LogP contribution is 2.27. The van der Waals surface area contributed by atoms with Gasteiger partial charge < -0.3 is 10.4 Å². The Labute approximate surface area is 124 Å². The molecule has 0 aliphatic rings. The van der Waals surface area contributed by atoms with Crippen LogP contribution in [0.25, 0.3) is 4.96 Å². The van der Waals surface area contributed by atoms with Crippen LogP contribution in [0.4, 0.5) is 5.82 Å². The summed E-state index contributed by atoms with van der Waals surface area (Å²) in [7, 11) is -2.30. The molecule has 9 nitrogen and oxygen atoms in total. The van der Waals surface area contributed by atoms with E-state index in [4.69, 9.17) is 5.84 Å². The van der Waals surface area contributed by atoms with Gasteiger partial charge in [0.15, 0.2) is 10.8 Å². The number of aromatic nitrogens is 4. The first-order valence-corrected chi connectivity index (χ1v) is 8.23. The van der Waals surface area contributed by atoms with Crippen molar-refractivity contribution >= 4 is 32.1 Å². The van der Waals surface area contributed by atoms with Crippen molar-refractivity contribution in [3.05, 3.63) is 29.8 Å². The fourth-order valence-corrected chi connectivity index (χ4v) is 4.04. The van der Waals surface area contributed by atoms with Crippen LogP contribution in [0, 0.1) is 0 Å². The Kier molecular flexibility index (Phi) is 3.41. The van der Waals surface area contributed by atoms with E-state index in [0.717, 1.165) is 0 Å². The van der Waals surface area contributed by atoms with Crippen molar-refractivity contribution in [2.45, 2.75) is 11.6 Å². The highest BCUT2D eigenvalue weighted by Gasteiger charge is 2.30. The number of fused-ring (bicyclic) bond motifs is 1. The second-order valence-corrected chi connectivity index (χ2v) is 7.10. The van der Waals surface area contributed by atoms with Crippen molar-refractivity contribution in [3.8, 4) is 0 Å². The quantitative estimate of drug-likeness (QED) is 0.455. The van der Waals surface area contributed by atoms with E-state index >= 15 is 0 Å². The van der Waals surface area contributed by atoms with Crippen molar-refractivity contribution in [3.63, 3.8) is 0 Å². The second kappa shape index (κ2) is 5.11. The summed E-state index contributed by atoms with van der Waals surface area (Å²) in [6, 6.07) is 0. The Hall–Kier alpha value is -1.95. The van der Waals surface area contributed by atoms with Crippen LogP contribution < -0.4 is 11.3 Å². The van der Waals surface area contributed by atoms with Gasteiger partial charge in [0, 0.05) is 31.0 Å². The molecule has 0 unspecified atom stereocenters. The minimum Gasteiger partial charge on any atom is -0.347 e. The smallest absolute Gasteiger partial charge is 0.263 e. The molecule has 0 saturated heterocycles. The van der Waals surface area contributed by atoms with Crippen LogP contribution in [0.1, 0.15) is 5.82 Å². The van der Waals surface area contributed by atoms with E-state index in [9.17, 15) is 8.42 Å². The number of sulfonamides is 1. The third-order valence-electron chi connectivity index (χ3n) is 2.94. The monoisotopic (exact) mass is 327 g/mol. The third kappa shape index (κ3) is 2.29. The molecule has 4 N–H and O–H groups in total. The predicted octanol–water partition coefficient (Wildman–Crippen LogP) is 0.225. The number of thiazole rings is 1. The van der Waals surface area contributed by atoms with E-state index in [-0.39, 0.29) is 17.4 Å². The van der Waals surface area contributed by atoms with Gasteiger partial charge in [0.05, 0.1) is 6.54 Å². The van der Waals surface area contributed by atoms with Crippen LogP contribution >= 0.6 is 11.3 Å². The Morgan fingerprint density at radius 1 is 1.57 bits per heavy atom. The number of rotatable bonds is 5. The van der Waals surface area contributed by atoms with Gasteiger partial charge in [-0.3, -0.25) is 4.40 Å². The predicted molar refractivity (Wildman–Crippen MR) is 78.1 cm³/mol. The van der Waals surface area contributed by atoms with E-state index in [1.807, 2.05) is 0 Å². The number of hydrogen-bond acceptors (Lipinski definition) is 7. The maximum Gasteiger partial charge on any atom is 0.263 e. The minimum absolute atomic E-state index is 0.00954. The standard InChI is InChI=1S/C10H13N7O2S2/c1-16(6-7-12-2-3-13-7)21(18,19)9-8(15-11)14-10-17(9)4-5-20-10/h2-5,15H,6,11H2,1H3,(H,12,13). The molecule has 3 aromatic rings. The highest BCUT2D eigenvalue weighted by molar-refractivity contribution is 7.89. The number of anilines is 1. The van der Waals surface area contributed by atoms with Crippen LogP contribution in [0.5, 0.6) is 0 Å². The summed E-state index contributed by atoms with van der Waals surface area (Å²) in [6.07, 6.45) is 4.85. The molecule has 0 atom stereocenters. The fourth-order valence-electron chi connectivity index (χ4n) is 1.93. The van der Waals surface area contributed by atoms with E-state index in [2.05, 4.69) is 20.4 Å². The Morgan fingerprint density at radius 3 is 3.05 bits per heavy atom. The first kappa shape index (κ1) is 14.0. The van der Waals surface area contributed by atoms with E-state index in [0.29, 0.717) is 10.8 Å². The van der Waals surface area contributed by atoms with Gasteiger partial charge in [0.1, 0.15) is 5.82 Å². The van der Waals surface area contributed by atoms with Gasteiger partial charge in [-0.15, -0.1) is 11.3 Å². The van der Waals surface area contributed by atoms with Crippen molar-refractivity contribution in [1.82, 2.24) is 23.7 Å². The topological polar surface area (TPSA) is 121 Å². The van der Waals surface area contributed by atoms with Crippen LogP contribution in [0.3, 0.4) is 0 Å².